The molecule has 5 rings (SSSR count). The number of nitrogens with zero attached hydrogens (tertiary/aromatic N) is 2. The molecule has 0 aromatic rings. The van der Waals surface area contributed by atoms with E-state index in [-0.39, 0.29) is 35.8 Å². The van der Waals surface area contributed by atoms with Crippen LogP contribution in [0.4, 0.5) is 4.79 Å². The summed E-state index contributed by atoms with van der Waals surface area (Å²) >= 11 is 0. The van der Waals surface area contributed by atoms with Crippen LogP contribution < -0.4 is 5.32 Å². The first-order valence-corrected chi connectivity index (χ1v) is 8.77. The standard InChI is InChI=1S/C16H22BN3O3/c17-20-12-7-5-3-1-2-4-6-11(12)19(15(20)23)16-8-10(9-16)13(21)18-14(16)22/h10-12H,1-9H2,(H,18,21,22). The van der Waals surface area contributed by atoms with Gasteiger partial charge in [-0.25, -0.2) is 4.79 Å². The molecule has 2 saturated carbocycles. The van der Waals surface area contributed by atoms with Crippen LogP contribution in [0.5, 0.6) is 0 Å². The second kappa shape index (κ2) is 5.25. The van der Waals surface area contributed by atoms with Gasteiger partial charge < -0.3 is 9.71 Å². The van der Waals surface area contributed by atoms with Crippen LogP contribution in [0.15, 0.2) is 0 Å². The molecule has 0 aromatic carbocycles. The lowest BCUT2D eigenvalue weighted by Crippen LogP contribution is -2.74. The van der Waals surface area contributed by atoms with Crippen molar-refractivity contribution >= 4 is 25.8 Å². The summed E-state index contributed by atoms with van der Waals surface area (Å²) in [6.07, 6.45) is 8.38. The van der Waals surface area contributed by atoms with Crippen molar-refractivity contribution < 1.29 is 14.4 Å². The first-order valence-electron chi connectivity index (χ1n) is 8.77. The average molecular weight is 315 g/mol. The van der Waals surface area contributed by atoms with Crippen molar-refractivity contribution in [3.8, 4) is 0 Å². The quantitative estimate of drug-likeness (QED) is 0.582. The number of rotatable bonds is 1. The molecule has 4 amide bonds. The molecule has 6 nitrogen and oxygen atoms in total. The van der Waals surface area contributed by atoms with Crippen molar-refractivity contribution in [2.45, 2.75) is 75.4 Å². The van der Waals surface area contributed by atoms with Gasteiger partial charge in [0.15, 0.2) is 0 Å². The molecule has 0 aromatic heterocycles. The number of imide groups is 1. The van der Waals surface area contributed by atoms with Crippen LogP contribution >= 0.6 is 0 Å². The number of hydrogen-bond donors (Lipinski definition) is 1. The second-order valence-corrected chi connectivity index (χ2v) is 7.49. The van der Waals surface area contributed by atoms with Gasteiger partial charge in [-0.2, -0.15) is 0 Å². The maximum Gasteiger partial charge on any atom is 0.308 e. The van der Waals surface area contributed by atoms with Gasteiger partial charge in [-0.3, -0.25) is 14.9 Å². The largest absolute Gasteiger partial charge is 0.374 e. The van der Waals surface area contributed by atoms with E-state index >= 15 is 0 Å². The van der Waals surface area contributed by atoms with E-state index in [2.05, 4.69) is 5.32 Å². The molecule has 2 radical (unpaired) electrons. The summed E-state index contributed by atoms with van der Waals surface area (Å²) < 4.78 is 0. The summed E-state index contributed by atoms with van der Waals surface area (Å²) in [6, 6.07) is -0.270. The topological polar surface area (TPSA) is 69.7 Å². The third kappa shape index (κ3) is 2.04. The van der Waals surface area contributed by atoms with Crippen LogP contribution in [0.3, 0.4) is 0 Å². The molecule has 2 atom stereocenters. The van der Waals surface area contributed by atoms with Gasteiger partial charge in [0.2, 0.25) is 13.9 Å². The highest BCUT2D eigenvalue weighted by Crippen LogP contribution is 2.50. The summed E-state index contributed by atoms with van der Waals surface area (Å²) in [5, 5.41) is 2.44. The van der Waals surface area contributed by atoms with Gasteiger partial charge in [0.1, 0.15) is 5.54 Å². The zero-order chi connectivity index (χ0) is 16.2. The van der Waals surface area contributed by atoms with E-state index in [1.807, 2.05) is 0 Å². The molecule has 23 heavy (non-hydrogen) atoms. The summed E-state index contributed by atoms with van der Waals surface area (Å²) in [4.78, 5) is 40.1. The van der Waals surface area contributed by atoms with Gasteiger partial charge in [0.05, 0.1) is 6.04 Å². The Morgan fingerprint density at radius 3 is 2.22 bits per heavy atom. The van der Waals surface area contributed by atoms with Gasteiger partial charge >= 0.3 is 6.03 Å². The maximum atomic E-state index is 12.8. The van der Waals surface area contributed by atoms with E-state index in [0.717, 1.165) is 32.1 Å². The van der Waals surface area contributed by atoms with E-state index in [4.69, 9.17) is 7.98 Å². The van der Waals surface area contributed by atoms with Gasteiger partial charge in [0, 0.05) is 12.0 Å². The molecule has 3 saturated heterocycles. The number of carbonyl (C=O) groups is 3. The molecule has 2 aliphatic carbocycles. The molecule has 3 heterocycles. The molecule has 2 unspecified atom stereocenters. The van der Waals surface area contributed by atoms with Crippen LogP contribution in [-0.2, 0) is 9.59 Å². The highest BCUT2D eigenvalue weighted by atomic mass is 16.2. The Hall–Kier alpha value is -1.53. The monoisotopic (exact) mass is 315 g/mol. The van der Waals surface area contributed by atoms with Gasteiger partial charge in [-0.1, -0.05) is 32.1 Å². The number of carbonyl (C=O) groups excluding carboxylic acids is 3. The molecule has 5 fully saturated rings. The maximum absolute atomic E-state index is 12.8. The summed E-state index contributed by atoms with van der Waals surface area (Å²) in [5.41, 5.74) is -0.846. The first-order chi connectivity index (χ1) is 11.0. The normalized spacial score (nSPS) is 40.7. The predicted molar refractivity (Wildman–Crippen MR) is 83.3 cm³/mol. The van der Waals surface area contributed by atoms with Crippen LogP contribution in [0, 0.1) is 5.92 Å². The van der Waals surface area contributed by atoms with Crippen LogP contribution in [0.2, 0.25) is 0 Å². The van der Waals surface area contributed by atoms with Gasteiger partial charge in [0.25, 0.3) is 5.91 Å². The lowest BCUT2D eigenvalue weighted by molar-refractivity contribution is -0.161. The van der Waals surface area contributed by atoms with Crippen molar-refractivity contribution in [3.63, 3.8) is 0 Å². The van der Waals surface area contributed by atoms with Crippen molar-refractivity contribution in [1.82, 2.24) is 15.0 Å². The zero-order valence-corrected chi connectivity index (χ0v) is 13.3. The smallest absolute Gasteiger partial charge is 0.308 e. The summed E-state index contributed by atoms with van der Waals surface area (Å²) in [6.45, 7) is 0. The van der Waals surface area contributed by atoms with E-state index < -0.39 is 5.54 Å². The third-order valence-corrected chi connectivity index (χ3v) is 6.22. The highest BCUT2D eigenvalue weighted by molar-refractivity contribution is 6.16. The third-order valence-electron chi connectivity index (χ3n) is 6.22. The van der Waals surface area contributed by atoms with Crippen molar-refractivity contribution in [2.75, 3.05) is 0 Å². The molecule has 0 spiro atoms. The van der Waals surface area contributed by atoms with Crippen LogP contribution in [0.1, 0.15) is 57.8 Å². The number of amides is 4. The minimum atomic E-state index is -0.846. The van der Waals surface area contributed by atoms with E-state index in [1.165, 1.54) is 17.7 Å². The minimum absolute atomic E-state index is 0.00879. The fraction of sp³-hybridized carbons (Fsp3) is 0.812. The van der Waals surface area contributed by atoms with Crippen molar-refractivity contribution in [1.29, 1.82) is 0 Å². The van der Waals surface area contributed by atoms with Gasteiger partial charge in [-0.15, -0.1) is 0 Å². The number of nitrogens with one attached hydrogen (secondary N) is 1. The van der Waals surface area contributed by atoms with Gasteiger partial charge in [-0.05, 0) is 25.7 Å². The Morgan fingerprint density at radius 1 is 0.957 bits per heavy atom. The number of piperidine rings is 2. The molecule has 2 bridgehead atoms. The predicted octanol–water partition coefficient (Wildman–Crippen LogP) is 1.09. The average Bonchev–Trinajstić information content (AvgIpc) is 2.76. The Morgan fingerprint density at radius 2 is 1.57 bits per heavy atom. The fourth-order valence-electron chi connectivity index (χ4n) is 4.92. The molecular formula is C16H22BN3O3. The SMILES string of the molecule is [B]N1C(=O)N(C23CC(C2)C(=O)NC3=O)C2CCCCCCCC21. The lowest BCUT2D eigenvalue weighted by atomic mass is 9.63. The molecule has 3 aliphatic heterocycles. The lowest BCUT2D eigenvalue weighted by Gasteiger charge is -2.55. The number of urea groups is 1. The molecule has 1 N–H and O–H groups in total. The molecule has 5 aliphatic rings. The van der Waals surface area contributed by atoms with Crippen LogP contribution in [-0.4, -0.2) is 53.2 Å². The second-order valence-electron chi connectivity index (χ2n) is 7.49. The number of hydrogen-bond acceptors (Lipinski definition) is 3. The zero-order valence-electron chi connectivity index (χ0n) is 13.3. The molecular weight excluding hydrogens is 293 g/mol. The minimum Gasteiger partial charge on any atom is -0.374 e. The Bertz CT molecular complexity index is 561. The summed E-state index contributed by atoms with van der Waals surface area (Å²) in [5.74, 6) is -0.645. The molecule has 122 valence electrons. The van der Waals surface area contributed by atoms with E-state index in [9.17, 15) is 14.4 Å². The number of fused-ring (bicyclic) bond motifs is 3. The molecule has 7 heteroatoms. The summed E-state index contributed by atoms with van der Waals surface area (Å²) in [7, 11) is 6.09. The van der Waals surface area contributed by atoms with Crippen LogP contribution in [0.25, 0.3) is 0 Å². The fourth-order valence-corrected chi connectivity index (χ4v) is 4.92. The van der Waals surface area contributed by atoms with E-state index in [1.54, 1.807) is 4.90 Å². The van der Waals surface area contributed by atoms with Crippen molar-refractivity contribution in [2.24, 2.45) is 5.92 Å². The first kappa shape index (κ1) is 15.0. The Labute approximate surface area is 137 Å². The Balaban J connectivity index is 1.65. The highest BCUT2D eigenvalue weighted by Gasteiger charge is 2.65. The van der Waals surface area contributed by atoms with Crippen molar-refractivity contribution in [3.05, 3.63) is 0 Å². The Kier molecular flexibility index (Phi) is 3.43. The van der Waals surface area contributed by atoms with E-state index in [0.29, 0.717) is 12.8 Å².